The van der Waals surface area contributed by atoms with Crippen molar-refractivity contribution in [3.05, 3.63) is 75.4 Å². The zero-order valence-electron chi connectivity index (χ0n) is 17.5. The van der Waals surface area contributed by atoms with Crippen LogP contribution >= 0.6 is 11.3 Å². The lowest BCUT2D eigenvalue weighted by molar-refractivity contribution is -0.136. The molecule has 6 nitrogen and oxygen atoms in total. The van der Waals surface area contributed by atoms with E-state index in [1.54, 1.807) is 50.2 Å². The van der Waals surface area contributed by atoms with Crippen LogP contribution in [0.1, 0.15) is 25.0 Å². The molecule has 0 saturated heterocycles. The second-order valence-corrected chi connectivity index (χ2v) is 9.10. The Morgan fingerprint density at radius 1 is 1.03 bits per heavy atom. The fourth-order valence-electron chi connectivity index (χ4n) is 4.17. The number of thiophene rings is 1. The number of para-hydroxylation sites is 1. The van der Waals surface area contributed by atoms with Crippen LogP contribution in [0.4, 0.5) is 30.4 Å². The molecule has 0 spiro atoms. The maximum absolute atomic E-state index is 13.7. The highest BCUT2D eigenvalue weighted by Gasteiger charge is 2.45. The van der Waals surface area contributed by atoms with Gasteiger partial charge in [0.1, 0.15) is 4.83 Å². The predicted molar refractivity (Wildman–Crippen MR) is 121 cm³/mol. The Bertz CT molecular complexity index is 1490. The molecule has 0 radical (unpaired) electrons. The van der Waals surface area contributed by atoms with Crippen LogP contribution in [-0.2, 0) is 16.4 Å². The van der Waals surface area contributed by atoms with Crippen molar-refractivity contribution < 1.29 is 18.0 Å². The molecular weight excluding hydrogens is 453 g/mol. The smallest absolute Gasteiger partial charge is 0.379 e. The Hall–Kier alpha value is -3.66. The first-order valence-electron chi connectivity index (χ1n) is 9.93. The van der Waals surface area contributed by atoms with Gasteiger partial charge in [0.2, 0.25) is 5.91 Å². The van der Waals surface area contributed by atoms with Gasteiger partial charge in [-0.2, -0.15) is 13.2 Å². The second kappa shape index (κ2) is 6.92. The number of carbonyl (C=O) groups excluding carboxylic acids is 1. The number of nitrogen functional groups attached to an aromatic ring is 1. The van der Waals surface area contributed by atoms with Crippen molar-refractivity contribution >= 4 is 44.8 Å². The van der Waals surface area contributed by atoms with E-state index < -0.39 is 28.5 Å². The van der Waals surface area contributed by atoms with Crippen molar-refractivity contribution in [2.75, 3.05) is 10.6 Å². The molecule has 1 aliphatic heterocycles. The number of halogens is 3. The number of rotatable bonds is 2. The molecule has 2 aromatic carbocycles. The van der Waals surface area contributed by atoms with Crippen LogP contribution in [0.2, 0.25) is 0 Å². The van der Waals surface area contributed by atoms with E-state index >= 15 is 0 Å². The highest BCUT2D eigenvalue weighted by molar-refractivity contribution is 7.16. The molecule has 1 amide bonds. The molecule has 0 bridgehead atoms. The van der Waals surface area contributed by atoms with Gasteiger partial charge in [-0.1, -0.05) is 24.3 Å². The number of nitrogens with zero attached hydrogens (tertiary/aromatic N) is 3. The third-order valence-corrected chi connectivity index (χ3v) is 6.69. The predicted octanol–water partition coefficient (Wildman–Crippen LogP) is 5.00. The summed E-state index contributed by atoms with van der Waals surface area (Å²) in [6.45, 7) is 3.57. The summed E-state index contributed by atoms with van der Waals surface area (Å²) in [5.41, 5.74) is 4.68. The van der Waals surface area contributed by atoms with Crippen molar-refractivity contribution in [3.8, 4) is 5.69 Å². The van der Waals surface area contributed by atoms with E-state index in [9.17, 15) is 22.8 Å². The van der Waals surface area contributed by atoms with E-state index in [0.717, 1.165) is 21.3 Å². The highest BCUT2D eigenvalue weighted by atomic mass is 32.1. The van der Waals surface area contributed by atoms with Gasteiger partial charge in [0.05, 0.1) is 27.9 Å². The van der Waals surface area contributed by atoms with Crippen molar-refractivity contribution in [2.45, 2.75) is 25.4 Å². The molecule has 2 N–H and O–H groups in total. The molecule has 168 valence electrons. The van der Waals surface area contributed by atoms with Crippen LogP contribution < -0.4 is 16.2 Å². The van der Waals surface area contributed by atoms with Crippen molar-refractivity contribution in [1.82, 2.24) is 9.55 Å². The number of hydrogen-bond acceptors (Lipinski definition) is 5. The Morgan fingerprint density at radius 3 is 2.39 bits per heavy atom. The zero-order valence-corrected chi connectivity index (χ0v) is 18.3. The van der Waals surface area contributed by atoms with E-state index in [4.69, 9.17) is 5.73 Å². The summed E-state index contributed by atoms with van der Waals surface area (Å²) in [4.78, 5) is 31.6. The van der Waals surface area contributed by atoms with Crippen LogP contribution in [0.15, 0.2) is 58.7 Å². The maximum Gasteiger partial charge on any atom is 0.419 e. The zero-order chi connectivity index (χ0) is 23.7. The number of benzene rings is 2. The van der Waals surface area contributed by atoms with Crippen molar-refractivity contribution in [3.63, 3.8) is 0 Å². The third kappa shape index (κ3) is 3.05. The van der Waals surface area contributed by atoms with Crippen molar-refractivity contribution in [1.29, 1.82) is 0 Å². The Kier molecular flexibility index (Phi) is 4.44. The summed E-state index contributed by atoms with van der Waals surface area (Å²) < 4.78 is 42.1. The average molecular weight is 470 g/mol. The normalized spacial score (nSPS) is 15.3. The minimum Gasteiger partial charge on any atom is -0.379 e. The summed E-state index contributed by atoms with van der Waals surface area (Å²) in [6.07, 6.45) is -4.69. The second-order valence-electron chi connectivity index (χ2n) is 8.24. The molecule has 1 aliphatic rings. The number of nitrogens with two attached hydrogens (primary N) is 1. The lowest BCUT2D eigenvalue weighted by Crippen LogP contribution is -2.33. The first kappa shape index (κ1) is 21.2. The summed E-state index contributed by atoms with van der Waals surface area (Å²) in [5.74, 6) is -0.589. The largest absolute Gasteiger partial charge is 0.419 e. The van der Waals surface area contributed by atoms with E-state index in [1.807, 2.05) is 6.07 Å². The Morgan fingerprint density at radius 2 is 1.73 bits per heavy atom. The molecule has 5 rings (SSSR count). The van der Waals surface area contributed by atoms with Gasteiger partial charge >= 0.3 is 6.18 Å². The molecule has 0 unspecified atom stereocenters. The fraction of sp³-hybridized carbons (Fsp3) is 0.174. The van der Waals surface area contributed by atoms with E-state index in [1.165, 1.54) is 11.0 Å². The van der Waals surface area contributed by atoms with Gasteiger partial charge in [0.15, 0.2) is 5.82 Å². The maximum atomic E-state index is 13.7. The van der Waals surface area contributed by atoms with E-state index in [0.29, 0.717) is 16.9 Å². The van der Waals surface area contributed by atoms with Crippen LogP contribution in [0.3, 0.4) is 0 Å². The first-order chi connectivity index (χ1) is 15.5. The lowest BCUT2D eigenvalue weighted by Gasteiger charge is -2.20. The number of anilines is 3. The minimum absolute atomic E-state index is 0.00348. The fourth-order valence-corrected chi connectivity index (χ4v) is 5.11. The number of aromatic nitrogens is 2. The molecule has 0 fully saturated rings. The molecule has 2 aromatic heterocycles. The number of carbonyl (C=O) groups is 1. The molecule has 33 heavy (non-hydrogen) atoms. The summed E-state index contributed by atoms with van der Waals surface area (Å²) in [7, 11) is 0. The number of amides is 1. The van der Waals surface area contributed by atoms with Gasteiger partial charge in [-0.3, -0.25) is 19.1 Å². The molecule has 0 atom stereocenters. The molecule has 3 heterocycles. The number of alkyl halides is 3. The molecular formula is C23H17F3N4O2S. The van der Waals surface area contributed by atoms with Crippen LogP contribution in [0.5, 0.6) is 0 Å². The van der Waals surface area contributed by atoms with E-state index in [2.05, 4.69) is 4.98 Å². The molecule has 0 saturated carbocycles. The topological polar surface area (TPSA) is 81.2 Å². The van der Waals surface area contributed by atoms with E-state index in [-0.39, 0.29) is 21.9 Å². The Labute approximate surface area is 189 Å². The van der Waals surface area contributed by atoms with Gasteiger partial charge in [0, 0.05) is 11.1 Å². The molecule has 10 heteroatoms. The summed E-state index contributed by atoms with van der Waals surface area (Å²) in [6, 6.07) is 13.7. The monoisotopic (exact) mass is 470 g/mol. The molecule has 0 aliphatic carbocycles. The lowest BCUT2D eigenvalue weighted by atomic mass is 9.86. The number of fused-ring (bicyclic) bond motifs is 2. The molecule has 4 aromatic rings. The van der Waals surface area contributed by atoms with Crippen LogP contribution in [0, 0.1) is 0 Å². The summed E-state index contributed by atoms with van der Waals surface area (Å²) in [5, 5.41) is 0.920. The minimum atomic E-state index is -4.69. The van der Waals surface area contributed by atoms with Crippen molar-refractivity contribution in [2.24, 2.45) is 0 Å². The first-order valence-corrected chi connectivity index (χ1v) is 10.8. The SMILES string of the molecule is CC1(C)C(=O)N(c2ccccc2)c2cc(-n3c(=O)c(N)nc4scc(C(F)(F)F)c43)ccc21. The Balaban J connectivity index is 1.82. The summed E-state index contributed by atoms with van der Waals surface area (Å²) >= 11 is 0.760. The third-order valence-electron chi connectivity index (χ3n) is 5.83. The van der Waals surface area contributed by atoms with Gasteiger partial charge < -0.3 is 5.73 Å². The van der Waals surface area contributed by atoms with Crippen LogP contribution in [0.25, 0.3) is 16.0 Å². The highest BCUT2D eigenvalue weighted by Crippen LogP contribution is 2.46. The quantitative estimate of drug-likeness (QED) is 0.447. The van der Waals surface area contributed by atoms with Gasteiger partial charge in [0.25, 0.3) is 5.56 Å². The van der Waals surface area contributed by atoms with Crippen LogP contribution in [-0.4, -0.2) is 15.5 Å². The standard InChI is InChI=1S/C23H17F3N4O2S/c1-22(2)14-9-8-13(10-16(14)29(21(22)32)12-6-4-3-5-7-12)30-17-15(23(24,25)26)11-33-19(17)28-18(27)20(30)31/h3-11H,1-2H3,(H2,27,28). The van der Waals surface area contributed by atoms with Gasteiger partial charge in [-0.05, 0) is 43.7 Å². The van der Waals surface area contributed by atoms with Gasteiger partial charge in [-0.15, -0.1) is 11.3 Å². The average Bonchev–Trinajstić information content (AvgIpc) is 3.26. The van der Waals surface area contributed by atoms with Gasteiger partial charge in [-0.25, -0.2) is 4.98 Å². The number of hydrogen-bond donors (Lipinski definition) is 1.